The minimum Gasteiger partial charge on any atom is -0.341 e. The lowest BCUT2D eigenvalue weighted by Crippen LogP contribution is -2.54. The number of hydrogen-bond acceptors (Lipinski definition) is 4. The van der Waals surface area contributed by atoms with Crippen LogP contribution in [0.5, 0.6) is 0 Å². The highest BCUT2D eigenvalue weighted by atomic mass is 32.2. The zero-order valence-corrected chi connectivity index (χ0v) is 20.8. The fraction of sp³-hybridized carbons (Fsp3) is 0.333. The van der Waals surface area contributed by atoms with Gasteiger partial charge < -0.3 is 10.2 Å². The average Bonchev–Trinajstić information content (AvgIpc) is 2.87. The Bertz CT molecular complexity index is 1310. The predicted molar refractivity (Wildman–Crippen MR) is 137 cm³/mol. The van der Waals surface area contributed by atoms with Crippen molar-refractivity contribution in [2.75, 3.05) is 18.4 Å². The van der Waals surface area contributed by atoms with Crippen LogP contribution in [0.4, 0.5) is 5.69 Å². The van der Waals surface area contributed by atoms with Crippen LogP contribution in [0, 0.1) is 11.8 Å². The number of anilines is 1. The minimum absolute atomic E-state index is 0.119. The zero-order valence-electron chi connectivity index (χ0n) is 20.0. The molecule has 2 atom stereocenters. The lowest BCUT2D eigenvalue weighted by Gasteiger charge is -2.35. The van der Waals surface area contributed by atoms with Crippen LogP contribution in [-0.4, -0.2) is 44.3 Å². The summed E-state index contributed by atoms with van der Waals surface area (Å²) in [6, 6.07) is 20.7. The van der Waals surface area contributed by atoms with Crippen LogP contribution >= 0.6 is 0 Å². The van der Waals surface area contributed by atoms with Gasteiger partial charge in [-0.1, -0.05) is 62.4 Å². The second-order valence-corrected chi connectivity index (χ2v) is 11.0. The van der Waals surface area contributed by atoms with E-state index in [0.717, 1.165) is 10.8 Å². The Balaban J connectivity index is 1.47. The van der Waals surface area contributed by atoms with Crippen molar-refractivity contribution in [1.29, 1.82) is 0 Å². The molecule has 0 bridgehead atoms. The summed E-state index contributed by atoms with van der Waals surface area (Å²) in [7, 11) is -3.93. The van der Waals surface area contributed by atoms with Gasteiger partial charge in [0, 0.05) is 18.8 Å². The van der Waals surface area contributed by atoms with E-state index in [1.54, 1.807) is 23.1 Å². The number of hydrogen-bond donors (Lipinski definition) is 2. The number of nitrogens with zero attached hydrogens (tertiary/aromatic N) is 1. The molecule has 8 heteroatoms. The van der Waals surface area contributed by atoms with E-state index in [-0.39, 0.29) is 35.1 Å². The summed E-state index contributed by atoms with van der Waals surface area (Å²) >= 11 is 0. The van der Waals surface area contributed by atoms with Crippen molar-refractivity contribution in [3.63, 3.8) is 0 Å². The zero-order chi connectivity index (χ0) is 25.0. The summed E-state index contributed by atoms with van der Waals surface area (Å²) in [5.41, 5.74) is 0.712. The molecule has 2 N–H and O–H groups in total. The molecule has 0 spiro atoms. The minimum atomic E-state index is -3.93. The van der Waals surface area contributed by atoms with E-state index in [0.29, 0.717) is 25.1 Å². The van der Waals surface area contributed by atoms with E-state index in [1.165, 1.54) is 0 Å². The van der Waals surface area contributed by atoms with E-state index in [1.807, 2.05) is 68.4 Å². The normalized spacial score (nSPS) is 17.3. The van der Waals surface area contributed by atoms with Crippen LogP contribution in [-0.2, 0) is 19.6 Å². The van der Waals surface area contributed by atoms with Crippen molar-refractivity contribution in [3.05, 3.63) is 72.8 Å². The van der Waals surface area contributed by atoms with Crippen molar-refractivity contribution < 1.29 is 18.0 Å². The number of rotatable bonds is 7. The first-order valence-corrected chi connectivity index (χ1v) is 13.4. The van der Waals surface area contributed by atoms with Gasteiger partial charge in [0.25, 0.3) is 0 Å². The predicted octanol–water partition coefficient (Wildman–Crippen LogP) is 4.02. The summed E-state index contributed by atoms with van der Waals surface area (Å²) in [5, 5.41) is 4.66. The highest BCUT2D eigenvalue weighted by Crippen LogP contribution is 2.23. The van der Waals surface area contributed by atoms with Gasteiger partial charge in [-0.25, -0.2) is 8.42 Å². The van der Waals surface area contributed by atoms with Crippen LogP contribution in [0.25, 0.3) is 10.8 Å². The van der Waals surface area contributed by atoms with Gasteiger partial charge in [-0.3, -0.25) is 9.59 Å². The van der Waals surface area contributed by atoms with Gasteiger partial charge in [0.05, 0.1) is 10.8 Å². The van der Waals surface area contributed by atoms with Gasteiger partial charge in [-0.15, -0.1) is 0 Å². The van der Waals surface area contributed by atoms with E-state index in [9.17, 15) is 18.0 Å². The molecule has 2 amide bonds. The van der Waals surface area contributed by atoms with Gasteiger partial charge in [-0.2, -0.15) is 4.72 Å². The van der Waals surface area contributed by atoms with Crippen LogP contribution in [0.15, 0.2) is 77.7 Å². The first-order chi connectivity index (χ1) is 16.7. The molecule has 0 saturated carbocycles. The number of nitrogens with one attached hydrogen (secondary N) is 2. The number of likely N-dealkylation sites (tertiary alicyclic amines) is 1. The molecular weight excluding hydrogens is 462 g/mol. The summed E-state index contributed by atoms with van der Waals surface area (Å²) in [6.07, 6.45) is 1.36. The van der Waals surface area contributed by atoms with Gasteiger partial charge in [0.2, 0.25) is 21.8 Å². The Morgan fingerprint density at radius 1 is 0.943 bits per heavy atom. The summed E-state index contributed by atoms with van der Waals surface area (Å²) in [5.74, 6) is -1.05. The molecule has 0 aliphatic carbocycles. The lowest BCUT2D eigenvalue weighted by molar-refractivity contribution is -0.137. The van der Waals surface area contributed by atoms with E-state index < -0.39 is 16.1 Å². The topological polar surface area (TPSA) is 95.6 Å². The first-order valence-electron chi connectivity index (χ1n) is 11.9. The van der Waals surface area contributed by atoms with Crippen molar-refractivity contribution in [3.8, 4) is 0 Å². The first kappa shape index (κ1) is 24.9. The number of sulfonamides is 1. The Morgan fingerprint density at radius 3 is 2.34 bits per heavy atom. The largest absolute Gasteiger partial charge is 0.341 e. The molecule has 3 aromatic carbocycles. The number of fused-ring (bicyclic) bond motifs is 1. The van der Waals surface area contributed by atoms with Crippen LogP contribution in [0.2, 0.25) is 0 Å². The average molecular weight is 494 g/mol. The molecular formula is C27H31N3O4S. The fourth-order valence-corrected chi connectivity index (χ4v) is 5.77. The van der Waals surface area contributed by atoms with Crippen LogP contribution in [0.3, 0.4) is 0 Å². The molecule has 7 nitrogen and oxygen atoms in total. The molecule has 4 rings (SSSR count). The van der Waals surface area contributed by atoms with Gasteiger partial charge in [-0.05, 0) is 53.8 Å². The van der Waals surface area contributed by atoms with Crippen LogP contribution < -0.4 is 10.0 Å². The molecule has 1 saturated heterocycles. The monoisotopic (exact) mass is 493 g/mol. The maximum absolute atomic E-state index is 13.5. The molecule has 1 aliphatic rings. The number of benzene rings is 3. The highest BCUT2D eigenvalue weighted by molar-refractivity contribution is 7.89. The molecule has 1 fully saturated rings. The number of para-hydroxylation sites is 1. The highest BCUT2D eigenvalue weighted by Gasteiger charge is 2.35. The Kier molecular flexibility index (Phi) is 7.52. The van der Waals surface area contributed by atoms with Crippen molar-refractivity contribution in [2.45, 2.75) is 37.6 Å². The molecule has 184 valence electrons. The molecule has 1 aliphatic heterocycles. The number of carbonyl (C=O) groups excluding carboxylic acids is 2. The Morgan fingerprint density at radius 2 is 1.63 bits per heavy atom. The second kappa shape index (κ2) is 10.6. The van der Waals surface area contributed by atoms with E-state index >= 15 is 0 Å². The third kappa shape index (κ3) is 5.89. The summed E-state index contributed by atoms with van der Waals surface area (Å²) < 4.78 is 29.1. The molecule has 0 aromatic heterocycles. The molecule has 3 aromatic rings. The quantitative estimate of drug-likeness (QED) is 0.520. The molecule has 2 unspecified atom stereocenters. The van der Waals surface area contributed by atoms with Gasteiger partial charge in [0.1, 0.15) is 6.04 Å². The maximum Gasteiger partial charge on any atom is 0.241 e. The van der Waals surface area contributed by atoms with Crippen molar-refractivity contribution in [1.82, 2.24) is 9.62 Å². The fourth-order valence-electron chi connectivity index (χ4n) is 4.40. The lowest BCUT2D eigenvalue weighted by atomic mass is 9.95. The Labute approximate surface area is 206 Å². The molecule has 35 heavy (non-hydrogen) atoms. The van der Waals surface area contributed by atoms with Crippen molar-refractivity contribution in [2.24, 2.45) is 11.8 Å². The van der Waals surface area contributed by atoms with Crippen molar-refractivity contribution >= 4 is 38.3 Å². The SMILES string of the molecule is CC(C)C(NS(=O)(=O)c1ccc2ccccc2c1)C(=O)N1CCCC(C(=O)Nc2ccccc2)C1. The molecule has 1 heterocycles. The number of piperidine rings is 1. The maximum atomic E-state index is 13.5. The van der Waals surface area contributed by atoms with E-state index in [2.05, 4.69) is 10.0 Å². The van der Waals surface area contributed by atoms with Gasteiger partial charge in [0.15, 0.2) is 0 Å². The number of amides is 2. The molecule has 0 radical (unpaired) electrons. The number of carbonyl (C=O) groups is 2. The van der Waals surface area contributed by atoms with Gasteiger partial charge >= 0.3 is 0 Å². The summed E-state index contributed by atoms with van der Waals surface area (Å²) in [4.78, 5) is 28.0. The Hall–Kier alpha value is -3.23. The summed E-state index contributed by atoms with van der Waals surface area (Å²) in [6.45, 7) is 4.39. The van der Waals surface area contributed by atoms with Crippen LogP contribution in [0.1, 0.15) is 26.7 Å². The third-order valence-corrected chi connectivity index (χ3v) is 7.83. The third-order valence-electron chi connectivity index (χ3n) is 6.39. The van der Waals surface area contributed by atoms with E-state index in [4.69, 9.17) is 0 Å². The smallest absolute Gasteiger partial charge is 0.241 e. The second-order valence-electron chi connectivity index (χ2n) is 9.33. The standard InChI is InChI=1S/C27H31N3O4S/c1-19(2)25(29-35(33,34)24-15-14-20-9-6-7-10-21(20)17-24)27(32)30-16-8-11-22(18-30)26(31)28-23-12-4-3-5-13-23/h3-7,9-10,12-15,17,19,22,25,29H,8,11,16,18H2,1-2H3,(H,28,31).